The van der Waals surface area contributed by atoms with E-state index in [1.807, 2.05) is 9.80 Å². The lowest BCUT2D eigenvalue weighted by atomic mass is 9.83. The van der Waals surface area contributed by atoms with Crippen LogP contribution in [0.2, 0.25) is 0 Å². The van der Waals surface area contributed by atoms with Crippen LogP contribution in [0.5, 0.6) is 0 Å². The van der Waals surface area contributed by atoms with Crippen LogP contribution in [-0.2, 0) is 9.53 Å². The Morgan fingerprint density at radius 3 is 3.09 bits per heavy atom. The lowest BCUT2D eigenvalue weighted by Gasteiger charge is -2.47. The molecule has 0 aromatic carbocycles. The van der Waals surface area contributed by atoms with Crippen molar-refractivity contribution in [2.75, 3.05) is 33.4 Å². The van der Waals surface area contributed by atoms with Gasteiger partial charge in [0.05, 0.1) is 0 Å². The molecule has 0 saturated carbocycles. The molecule has 2 aliphatic heterocycles. The maximum atomic E-state index is 12.4. The van der Waals surface area contributed by atoms with Crippen molar-refractivity contribution >= 4 is 11.8 Å². The Morgan fingerprint density at radius 1 is 1.48 bits per heavy atom. The van der Waals surface area contributed by atoms with Crippen molar-refractivity contribution in [3.63, 3.8) is 0 Å². The first-order chi connectivity index (χ1) is 11.2. The van der Waals surface area contributed by atoms with Gasteiger partial charge in [0.15, 0.2) is 12.1 Å². The third-order valence-corrected chi connectivity index (χ3v) is 4.83. The quantitative estimate of drug-likeness (QED) is 0.761. The molecule has 0 spiro atoms. The van der Waals surface area contributed by atoms with Gasteiger partial charge in [0.1, 0.15) is 6.26 Å². The van der Waals surface area contributed by atoms with Crippen molar-refractivity contribution in [1.29, 1.82) is 0 Å². The van der Waals surface area contributed by atoms with E-state index >= 15 is 0 Å². The molecule has 0 bridgehead atoms. The predicted octanol–water partition coefficient (Wildman–Crippen LogP) is 1.16. The van der Waals surface area contributed by atoms with E-state index in [2.05, 4.69) is 4.98 Å². The fraction of sp³-hybridized carbons (Fsp3) is 0.688. The molecule has 2 atom stereocenters. The number of aromatic nitrogens is 1. The number of rotatable bonds is 5. The summed E-state index contributed by atoms with van der Waals surface area (Å²) in [5.74, 6) is 0.499. The van der Waals surface area contributed by atoms with Crippen LogP contribution in [0, 0.1) is 5.92 Å². The summed E-state index contributed by atoms with van der Waals surface area (Å²) in [7, 11) is 1.68. The van der Waals surface area contributed by atoms with Gasteiger partial charge in [-0.25, -0.2) is 4.98 Å². The molecule has 0 aliphatic carbocycles. The standard InChI is InChI=1S/C16H23N3O4/c1-22-8-2-6-19-14-5-7-18(9-12(14)3-4-15(19)20)16(21)13-10-23-11-17-13/h10-12,14H,2-9H2,1H3/t12-,14+/m0/s1. The molecule has 2 amide bonds. The zero-order valence-corrected chi connectivity index (χ0v) is 13.4. The molecule has 2 saturated heterocycles. The van der Waals surface area contributed by atoms with Crippen molar-refractivity contribution in [2.45, 2.75) is 31.7 Å². The molecule has 1 aromatic heterocycles. The van der Waals surface area contributed by atoms with E-state index in [0.717, 1.165) is 25.8 Å². The van der Waals surface area contributed by atoms with Crippen LogP contribution >= 0.6 is 0 Å². The van der Waals surface area contributed by atoms with E-state index in [4.69, 9.17) is 9.15 Å². The number of hydrogen-bond acceptors (Lipinski definition) is 5. The lowest BCUT2D eigenvalue weighted by Crippen LogP contribution is -2.57. The van der Waals surface area contributed by atoms with Crippen LogP contribution < -0.4 is 0 Å². The molecule has 23 heavy (non-hydrogen) atoms. The Balaban J connectivity index is 1.63. The third-order valence-electron chi connectivity index (χ3n) is 4.83. The average Bonchev–Trinajstić information content (AvgIpc) is 3.10. The zero-order valence-electron chi connectivity index (χ0n) is 13.4. The van der Waals surface area contributed by atoms with Crippen LogP contribution in [0.25, 0.3) is 0 Å². The van der Waals surface area contributed by atoms with Crippen molar-refractivity contribution < 1.29 is 18.7 Å². The summed E-state index contributed by atoms with van der Waals surface area (Å²) in [6.45, 7) is 2.74. The van der Waals surface area contributed by atoms with E-state index in [1.165, 1.54) is 12.7 Å². The predicted molar refractivity (Wildman–Crippen MR) is 81.7 cm³/mol. The Hall–Kier alpha value is -1.89. The van der Waals surface area contributed by atoms with Crippen molar-refractivity contribution in [2.24, 2.45) is 5.92 Å². The first-order valence-corrected chi connectivity index (χ1v) is 8.16. The maximum absolute atomic E-state index is 12.4. The van der Waals surface area contributed by atoms with Crippen LogP contribution in [0.4, 0.5) is 0 Å². The van der Waals surface area contributed by atoms with Gasteiger partial charge in [-0.3, -0.25) is 9.59 Å². The van der Waals surface area contributed by atoms with Gasteiger partial charge in [0, 0.05) is 45.8 Å². The van der Waals surface area contributed by atoms with Gasteiger partial charge in [-0.1, -0.05) is 0 Å². The molecule has 0 unspecified atom stereocenters. The lowest BCUT2D eigenvalue weighted by molar-refractivity contribution is -0.140. The van der Waals surface area contributed by atoms with Gasteiger partial charge in [0.2, 0.25) is 5.91 Å². The number of oxazole rings is 1. The molecular formula is C16H23N3O4. The van der Waals surface area contributed by atoms with E-state index in [-0.39, 0.29) is 17.9 Å². The third kappa shape index (κ3) is 3.39. The molecule has 0 N–H and O–H groups in total. The summed E-state index contributed by atoms with van der Waals surface area (Å²) >= 11 is 0. The summed E-state index contributed by atoms with van der Waals surface area (Å²) in [6, 6.07) is 0.245. The Kier molecular flexibility index (Phi) is 4.95. The van der Waals surface area contributed by atoms with Crippen LogP contribution in [-0.4, -0.2) is 66.0 Å². The van der Waals surface area contributed by atoms with Crippen molar-refractivity contribution in [1.82, 2.24) is 14.8 Å². The molecule has 2 fully saturated rings. The van der Waals surface area contributed by atoms with Crippen LogP contribution in [0.3, 0.4) is 0 Å². The number of fused-ring (bicyclic) bond motifs is 1. The molecule has 3 heterocycles. The molecule has 7 nitrogen and oxygen atoms in total. The first kappa shape index (κ1) is 16.0. The van der Waals surface area contributed by atoms with Crippen LogP contribution in [0.15, 0.2) is 17.1 Å². The summed E-state index contributed by atoms with van der Waals surface area (Å²) in [4.78, 5) is 32.4. The van der Waals surface area contributed by atoms with Gasteiger partial charge in [-0.15, -0.1) is 0 Å². The molecule has 2 aliphatic rings. The van der Waals surface area contributed by atoms with Gasteiger partial charge < -0.3 is 19.0 Å². The number of piperidine rings is 2. The number of ether oxygens (including phenoxy) is 1. The molecule has 3 rings (SSSR count). The number of methoxy groups -OCH3 is 1. The van der Waals surface area contributed by atoms with E-state index in [9.17, 15) is 9.59 Å². The van der Waals surface area contributed by atoms with Gasteiger partial charge in [-0.05, 0) is 25.2 Å². The second-order valence-electron chi connectivity index (χ2n) is 6.21. The highest BCUT2D eigenvalue weighted by molar-refractivity contribution is 5.92. The van der Waals surface area contributed by atoms with Gasteiger partial charge >= 0.3 is 0 Å². The summed E-state index contributed by atoms with van der Waals surface area (Å²) in [5.41, 5.74) is 0.354. The van der Waals surface area contributed by atoms with Crippen LogP contribution in [0.1, 0.15) is 36.2 Å². The molecule has 7 heteroatoms. The Labute approximate surface area is 135 Å². The Morgan fingerprint density at radius 2 is 2.35 bits per heavy atom. The largest absolute Gasteiger partial charge is 0.451 e. The van der Waals surface area contributed by atoms with Gasteiger partial charge in [0.25, 0.3) is 5.91 Å². The maximum Gasteiger partial charge on any atom is 0.275 e. The number of likely N-dealkylation sites (tertiary alicyclic amines) is 2. The number of hydrogen-bond donors (Lipinski definition) is 0. The highest BCUT2D eigenvalue weighted by Gasteiger charge is 2.40. The monoisotopic (exact) mass is 321 g/mol. The second-order valence-corrected chi connectivity index (χ2v) is 6.21. The minimum absolute atomic E-state index is 0.0833. The number of nitrogens with zero attached hydrogens (tertiary/aromatic N) is 3. The molecule has 126 valence electrons. The minimum Gasteiger partial charge on any atom is -0.451 e. The normalized spacial score (nSPS) is 24.7. The van der Waals surface area contributed by atoms with E-state index in [1.54, 1.807) is 7.11 Å². The number of carbonyl (C=O) groups is 2. The van der Waals surface area contributed by atoms with Gasteiger partial charge in [-0.2, -0.15) is 0 Å². The average molecular weight is 321 g/mol. The van der Waals surface area contributed by atoms with E-state index < -0.39 is 0 Å². The second kappa shape index (κ2) is 7.12. The minimum atomic E-state index is -0.0833. The summed E-state index contributed by atoms with van der Waals surface area (Å²) in [6.07, 6.45) is 5.76. The Bertz CT molecular complexity index is 546. The molecule has 0 radical (unpaired) electrons. The fourth-order valence-electron chi connectivity index (χ4n) is 3.69. The number of carbonyl (C=O) groups excluding carboxylic acids is 2. The molecular weight excluding hydrogens is 298 g/mol. The topological polar surface area (TPSA) is 75.9 Å². The zero-order chi connectivity index (χ0) is 16.2. The number of amides is 2. The summed E-state index contributed by atoms with van der Waals surface area (Å²) in [5, 5.41) is 0. The van der Waals surface area contributed by atoms with E-state index in [0.29, 0.717) is 37.7 Å². The first-order valence-electron chi connectivity index (χ1n) is 8.16. The SMILES string of the molecule is COCCCN1C(=O)CC[C@H]2CN(C(=O)c3cocn3)CC[C@H]21. The highest BCUT2D eigenvalue weighted by atomic mass is 16.5. The smallest absolute Gasteiger partial charge is 0.275 e. The highest BCUT2D eigenvalue weighted by Crippen LogP contribution is 2.31. The molecule has 1 aromatic rings. The summed E-state index contributed by atoms with van der Waals surface area (Å²) < 4.78 is 9.98. The van der Waals surface area contributed by atoms with Crippen molar-refractivity contribution in [3.8, 4) is 0 Å². The van der Waals surface area contributed by atoms with Crippen molar-refractivity contribution in [3.05, 3.63) is 18.4 Å². The fourth-order valence-corrected chi connectivity index (χ4v) is 3.69.